The lowest BCUT2D eigenvalue weighted by Gasteiger charge is -2.13. The van der Waals surface area contributed by atoms with Gasteiger partial charge in [-0.3, -0.25) is 19.3 Å². The molecule has 0 saturated carbocycles. The number of guanidine groups is 2. The Kier molecular flexibility index (Phi) is 21.2. The van der Waals surface area contributed by atoms with Crippen molar-refractivity contribution in [3.05, 3.63) is 52.8 Å². The summed E-state index contributed by atoms with van der Waals surface area (Å²) < 4.78 is 32.7. The second-order valence-corrected chi connectivity index (χ2v) is 12.5. The molecule has 0 spiro atoms. The van der Waals surface area contributed by atoms with Gasteiger partial charge in [0.05, 0.1) is 6.61 Å². The van der Waals surface area contributed by atoms with Crippen LogP contribution in [0.25, 0.3) is 10.8 Å². The molecule has 0 amide bonds. The van der Waals surface area contributed by atoms with Crippen molar-refractivity contribution >= 4 is 72.2 Å². The lowest BCUT2D eigenvalue weighted by molar-refractivity contribution is 0.111. The van der Waals surface area contributed by atoms with E-state index < -0.39 is 9.15 Å². The minimum absolute atomic E-state index is 0.00389. The molecule has 0 saturated heterocycles. The minimum Gasteiger partial charge on any atom is -0.493 e. The molecule has 12 N–H and O–H groups in total. The molecule has 2 aromatic carbocycles. The number of aryl methyl sites for hydroxylation is 1. The lowest BCUT2D eigenvalue weighted by Crippen LogP contribution is -2.32. The van der Waals surface area contributed by atoms with Gasteiger partial charge in [-0.2, -0.15) is 8.42 Å². The van der Waals surface area contributed by atoms with Crippen LogP contribution in [0, 0.1) is 0 Å². The fourth-order valence-electron chi connectivity index (χ4n) is 3.41. The molecular formula is C28H45ClN10O5S2. The first-order valence-corrected chi connectivity index (χ1v) is 17.6. The van der Waals surface area contributed by atoms with Gasteiger partial charge in [-0.25, -0.2) is 9.97 Å². The molecule has 1 aromatic heterocycles. The molecule has 1 heterocycles. The summed E-state index contributed by atoms with van der Waals surface area (Å²) in [5, 5.41) is 5.45. The smallest absolute Gasteiger partial charge is 0.319 e. The Balaban J connectivity index is 0.000000871. The quantitative estimate of drug-likeness (QED) is 0.0357. The molecule has 256 valence electrons. The maximum atomic E-state index is 10.2. The number of hydrogen-bond donors (Lipinski definition) is 7. The third kappa shape index (κ3) is 17.4. The zero-order valence-electron chi connectivity index (χ0n) is 26.4. The van der Waals surface area contributed by atoms with Gasteiger partial charge in [0.25, 0.3) is 0 Å². The molecule has 15 nitrogen and oxygen atoms in total. The molecule has 0 aliphatic heterocycles. The fourth-order valence-corrected chi connectivity index (χ4v) is 3.54. The average Bonchev–Trinajstić information content (AvgIpc) is 3.04. The lowest BCUT2D eigenvalue weighted by atomic mass is 9.99. The van der Waals surface area contributed by atoms with Gasteiger partial charge >= 0.3 is 9.15 Å². The molecule has 3 aromatic rings. The first-order chi connectivity index (χ1) is 21.8. The third-order valence-electron chi connectivity index (χ3n) is 5.50. The number of ether oxygens (including phenoxy) is 1. The second-order valence-electron chi connectivity index (χ2n) is 8.65. The Bertz CT molecular complexity index is 1520. The largest absolute Gasteiger partial charge is 0.493 e. The molecule has 0 fully saturated rings. The third-order valence-corrected chi connectivity index (χ3v) is 7.47. The van der Waals surface area contributed by atoms with Gasteiger partial charge in [0.15, 0.2) is 35.0 Å². The van der Waals surface area contributed by atoms with E-state index in [0.29, 0.717) is 36.2 Å². The zero-order valence-corrected chi connectivity index (χ0v) is 28.8. The monoisotopic (exact) mass is 700 g/mol. The van der Waals surface area contributed by atoms with Crippen molar-refractivity contribution in [1.82, 2.24) is 15.3 Å². The van der Waals surface area contributed by atoms with E-state index in [4.69, 9.17) is 49.6 Å². The number of aromatic nitrogens is 2. The van der Waals surface area contributed by atoms with Crippen LogP contribution in [0.1, 0.15) is 49.2 Å². The number of aldehydes is 1. The van der Waals surface area contributed by atoms with E-state index in [0.717, 1.165) is 43.4 Å². The molecule has 0 bridgehead atoms. The summed E-state index contributed by atoms with van der Waals surface area (Å²) in [5.41, 5.74) is 28.1. The maximum Gasteiger partial charge on any atom is 0.319 e. The number of unbranched alkanes of at least 4 members (excludes halogenated alkanes) is 1. The summed E-state index contributed by atoms with van der Waals surface area (Å²) in [7, 11) is -1.66. The molecule has 18 heteroatoms. The van der Waals surface area contributed by atoms with Crippen molar-refractivity contribution in [2.45, 2.75) is 39.5 Å². The Morgan fingerprint density at radius 3 is 2.24 bits per heavy atom. The highest BCUT2D eigenvalue weighted by molar-refractivity contribution is 8.69. The Morgan fingerprint density at radius 2 is 1.67 bits per heavy atom. The van der Waals surface area contributed by atoms with Gasteiger partial charge in [-0.05, 0) is 53.3 Å². The van der Waals surface area contributed by atoms with Gasteiger partial charge in [0, 0.05) is 31.9 Å². The van der Waals surface area contributed by atoms with Crippen LogP contribution in [-0.4, -0.2) is 74.1 Å². The van der Waals surface area contributed by atoms with Crippen molar-refractivity contribution in [2.75, 3.05) is 44.5 Å². The number of nitrogens with one attached hydrogen (secondary N) is 1. The summed E-state index contributed by atoms with van der Waals surface area (Å²) in [6, 6.07) is 12.6. The first-order valence-electron chi connectivity index (χ1n) is 14.0. The highest BCUT2D eigenvalue weighted by Crippen LogP contribution is 2.29. The van der Waals surface area contributed by atoms with E-state index in [-0.39, 0.29) is 28.4 Å². The highest BCUT2D eigenvalue weighted by atomic mass is 35.5. The molecule has 3 rings (SSSR count). The van der Waals surface area contributed by atoms with Crippen LogP contribution in [0.3, 0.4) is 0 Å². The zero-order chi connectivity index (χ0) is 35.1. The van der Waals surface area contributed by atoms with Crippen LogP contribution >= 0.6 is 22.4 Å². The first kappa shape index (κ1) is 41.9. The molecule has 0 aliphatic carbocycles. The van der Waals surface area contributed by atoms with Crippen LogP contribution in [-0.2, 0) is 15.6 Å². The predicted molar refractivity (Wildman–Crippen MR) is 191 cm³/mol. The summed E-state index contributed by atoms with van der Waals surface area (Å²) in [5.74, 6) is 1.51. The second kappa shape index (κ2) is 23.3. The molecular weight excluding hydrogens is 656 g/mol. The number of nitrogens with zero attached hydrogens (tertiary/aromatic N) is 4. The number of halogens is 1. The summed E-state index contributed by atoms with van der Waals surface area (Å²) in [6.45, 7) is 5.98. The number of anilines is 2. The van der Waals surface area contributed by atoms with E-state index in [2.05, 4.69) is 55.6 Å². The van der Waals surface area contributed by atoms with Gasteiger partial charge in [0.1, 0.15) is 11.4 Å². The Labute approximate surface area is 279 Å². The van der Waals surface area contributed by atoms with Crippen molar-refractivity contribution in [1.29, 1.82) is 0 Å². The van der Waals surface area contributed by atoms with Crippen molar-refractivity contribution in [3.63, 3.8) is 0 Å². The van der Waals surface area contributed by atoms with E-state index in [1.807, 2.05) is 19.9 Å². The number of fused-ring (bicyclic) bond motifs is 1. The number of rotatable bonds is 12. The van der Waals surface area contributed by atoms with Crippen LogP contribution < -0.4 is 38.7 Å². The van der Waals surface area contributed by atoms with Crippen LogP contribution in [0.15, 0.2) is 46.4 Å². The van der Waals surface area contributed by atoms with Gasteiger partial charge < -0.3 is 38.7 Å². The maximum absolute atomic E-state index is 10.2. The van der Waals surface area contributed by atoms with Crippen LogP contribution in [0.4, 0.5) is 11.6 Å². The predicted octanol–water partition coefficient (Wildman–Crippen LogP) is 3.02. The Morgan fingerprint density at radius 1 is 1.04 bits per heavy atom. The number of nitrogen functional groups attached to an aromatic ring is 2. The van der Waals surface area contributed by atoms with Crippen LogP contribution in [0.2, 0.25) is 5.15 Å². The van der Waals surface area contributed by atoms with Crippen molar-refractivity contribution in [3.8, 4) is 5.75 Å². The number of benzene rings is 2. The number of carbonyl (C=O) groups excluding carboxylic acids is 1. The van der Waals surface area contributed by atoms with Gasteiger partial charge in [-0.15, -0.1) is 0 Å². The van der Waals surface area contributed by atoms with Gasteiger partial charge in [-0.1, -0.05) is 55.8 Å². The number of carbonyl (C=O) groups is 1. The van der Waals surface area contributed by atoms with E-state index in [1.165, 1.54) is 17.2 Å². The Hall–Kier alpha value is -4.06. The molecule has 0 unspecified atom stereocenters. The standard InChI is InChI=1S/C20H30N6O.C5H5ClN4O.C2H6.CH4O3S2/c1-24-20(23)26-12-5-4-7-15-10-11-18(17-9-3-2-8-16(15)17)27-14-6-13-25-19(21)22;6-3-5(8)10-4(7)2(1-11)9-3;1-2;1-5-6(2,3)4/h2-3,8-11H,4-7,12-14H2,1H3,(H4,21,22,25)(H3,23,24,26);1H,(H4,7,8,10);1-2H3;1H3,(H,2,3,4). The van der Waals surface area contributed by atoms with E-state index in [1.54, 1.807) is 7.05 Å². The molecule has 0 aliphatic rings. The number of hydrogen-bond acceptors (Lipinski definition) is 11. The SMILES string of the molecule is CC.CN=C(N)NCCCCc1ccc(OCCCN=C(N)N)c2ccccc12.CSS(=O)(=O)O.Nc1nc(N)c(C=O)nc1Cl. The number of nitrogens with two attached hydrogens (primary N) is 5. The summed E-state index contributed by atoms with van der Waals surface area (Å²) in [4.78, 5) is 25.2. The topological polar surface area (TPSA) is 273 Å². The summed E-state index contributed by atoms with van der Waals surface area (Å²) >= 11 is 5.45. The van der Waals surface area contributed by atoms with Crippen LogP contribution in [0.5, 0.6) is 5.75 Å². The molecule has 46 heavy (non-hydrogen) atoms. The summed E-state index contributed by atoms with van der Waals surface area (Å²) in [6.07, 6.45) is 5.64. The molecule has 0 radical (unpaired) electrons. The normalized spacial score (nSPS) is 10.6. The van der Waals surface area contributed by atoms with E-state index in [9.17, 15) is 13.2 Å². The molecule has 0 atom stereocenters. The van der Waals surface area contributed by atoms with Crippen molar-refractivity contribution in [2.24, 2.45) is 27.2 Å². The van der Waals surface area contributed by atoms with Crippen molar-refractivity contribution < 1.29 is 22.5 Å². The van der Waals surface area contributed by atoms with E-state index >= 15 is 0 Å². The van der Waals surface area contributed by atoms with Gasteiger partial charge in [0.2, 0.25) is 0 Å². The highest BCUT2D eigenvalue weighted by Gasteiger charge is 2.07. The average molecular weight is 701 g/mol. The fraction of sp³-hybridized carbons (Fsp3) is 0.393. The number of aliphatic imine (C=N–C) groups is 2. The minimum atomic E-state index is -3.75.